The van der Waals surface area contributed by atoms with Gasteiger partial charge in [-0.15, -0.1) is 0 Å². The molecule has 61 heavy (non-hydrogen) atoms. The third-order valence-corrected chi connectivity index (χ3v) is 14.5. The van der Waals surface area contributed by atoms with E-state index in [9.17, 15) is 0 Å². The Morgan fingerprint density at radius 2 is 0.639 bits per heavy atom. The van der Waals surface area contributed by atoms with Crippen LogP contribution in [0.5, 0.6) is 0 Å². The molecule has 1 nitrogen and oxygen atoms in total. The smallest absolute Gasteiger partial charge is 0.0726 e. The summed E-state index contributed by atoms with van der Waals surface area (Å²) in [6, 6.07) is 84.6. The second kappa shape index (κ2) is 11.9. The van der Waals surface area contributed by atoms with Crippen LogP contribution in [0.4, 0.5) is 17.1 Å². The zero-order valence-electron chi connectivity index (χ0n) is 33.3. The number of benzene rings is 10. The molecule has 2 spiro atoms. The number of fused-ring (bicyclic) bond motifs is 22. The highest BCUT2D eigenvalue weighted by Gasteiger charge is 2.53. The predicted octanol–water partition coefficient (Wildman–Crippen LogP) is 15.0. The molecule has 0 radical (unpaired) electrons. The number of para-hydroxylation sites is 1. The fourth-order valence-corrected chi connectivity index (χ4v) is 12.3. The summed E-state index contributed by atoms with van der Waals surface area (Å²) in [6.07, 6.45) is 0. The summed E-state index contributed by atoms with van der Waals surface area (Å²) in [6.45, 7) is 0. The Balaban J connectivity index is 1.04. The molecule has 0 saturated heterocycles. The van der Waals surface area contributed by atoms with Crippen molar-refractivity contribution in [3.63, 3.8) is 0 Å². The Kier molecular flexibility index (Phi) is 6.48. The van der Waals surface area contributed by atoms with Gasteiger partial charge in [0.15, 0.2) is 0 Å². The van der Waals surface area contributed by atoms with Crippen molar-refractivity contribution >= 4 is 27.8 Å². The molecule has 1 atom stereocenters. The number of anilines is 3. The van der Waals surface area contributed by atoms with Gasteiger partial charge in [-0.1, -0.05) is 188 Å². The number of hydrogen-bond acceptors (Lipinski definition) is 1. The Labute approximate surface area is 355 Å². The van der Waals surface area contributed by atoms with Gasteiger partial charge in [0.25, 0.3) is 0 Å². The fourth-order valence-electron chi connectivity index (χ4n) is 12.3. The van der Waals surface area contributed by atoms with E-state index in [1.54, 1.807) is 0 Å². The van der Waals surface area contributed by atoms with Crippen LogP contribution in [-0.4, -0.2) is 0 Å². The second-order valence-corrected chi connectivity index (χ2v) is 17.1. The first-order valence-corrected chi connectivity index (χ1v) is 21.4. The molecule has 0 aliphatic heterocycles. The Morgan fingerprint density at radius 3 is 1.16 bits per heavy atom. The standard InChI is InChI=1S/C60H37N/c1-2-17-39(18-3-1)61(40-31-33-47-45-22-8-13-27-52(45)59(56(47)36-40)50-25-11-6-20-43(50)44-21-7-12-26-51(44)59)41-32-34-48-46-23-9-14-28-53(46)60(57(48)37-41)54-29-15-10-24-49(54)58-42-19-5-4-16-38(42)30-35-55(58)60/h1-37H. The van der Waals surface area contributed by atoms with Crippen molar-refractivity contribution in [3.05, 3.63) is 269 Å². The number of nitrogens with zero attached hydrogens (tertiary/aromatic N) is 1. The molecule has 0 saturated carbocycles. The maximum Gasteiger partial charge on any atom is 0.0726 e. The third-order valence-electron chi connectivity index (χ3n) is 14.5. The summed E-state index contributed by atoms with van der Waals surface area (Å²) < 4.78 is 0. The number of hydrogen-bond donors (Lipinski definition) is 0. The van der Waals surface area contributed by atoms with Crippen LogP contribution in [0.3, 0.4) is 0 Å². The van der Waals surface area contributed by atoms with Crippen molar-refractivity contribution in [1.29, 1.82) is 0 Å². The average Bonchev–Trinajstić information content (AvgIpc) is 4.01. The van der Waals surface area contributed by atoms with Crippen molar-refractivity contribution < 1.29 is 0 Å². The van der Waals surface area contributed by atoms with E-state index >= 15 is 0 Å². The predicted molar refractivity (Wildman–Crippen MR) is 251 cm³/mol. The van der Waals surface area contributed by atoms with Gasteiger partial charge >= 0.3 is 0 Å². The first-order chi connectivity index (χ1) is 30.3. The van der Waals surface area contributed by atoms with Gasteiger partial charge in [-0.05, 0) is 136 Å². The first-order valence-electron chi connectivity index (χ1n) is 21.4. The Morgan fingerprint density at radius 1 is 0.246 bits per heavy atom. The van der Waals surface area contributed by atoms with Gasteiger partial charge in [0.1, 0.15) is 0 Å². The molecular weight excluding hydrogens is 735 g/mol. The van der Waals surface area contributed by atoms with Crippen LogP contribution in [0.1, 0.15) is 44.5 Å². The highest BCUT2D eigenvalue weighted by Crippen LogP contribution is 2.66. The second-order valence-electron chi connectivity index (χ2n) is 17.1. The monoisotopic (exact) mass is 771 g/mol. The maximum atomic E-state index is 2.52. The van der Waals surface area contributed by atoms with Gasteiger partial charge in [0.2, 0.25) is 0 Å². The molecule has 282 valence electrons. The first kappa shape index (κ1) is 33.1. The van der Waals surface area contributed by atoms with Crippen molar-refractivity contribution in [2.24, 2.45) is 0 Å². The minimum absolute atomic E-state index is 0.429. The lowest BCUT2D eigenvalue weighted by Crippen LogP contribution is -2.26. The lowest BCUT2D eigenvalue weighted by atomic mass is 9.70. The zero-order valence-corrected chi connectivity index (χ0v) is 33.3. The quantitative estimate of drug-likeness (QED) is 0.173. The van der Waals surface area contributed by atoms with E-state index in [0.717, 1.165) is 17.1 Å². The average molecular weight is 772 g/mol. The highest BCUT2D eigenvalue weighted by molar-refractivity contribution is 6.06. The fraction of sp³-hybridized carbons (Fsp3) is 0.0333. The summed E-state index contributed by atoms with van der Waals surface area (Å²) in [5.74, 6) is 0. The molecule has 1 heteroatoms. The number of rotatable bonds is 3. The topological polar surface area (TPSA) is 3.24 Å². The van der Waals surface area contributed by atoms with Crippen molar-refractivity contribution in [1.82, 2.24) is 0 Å². The lowest BCUT2D eigenvalue weighted by molar-refractivity contribution is 0.793. The van der Waals surface area contributed by atoms with Crippen LogP contribution < -0.4 is 4.90 Å². The van der Waals surface area contributed by atoms with Gasteiger partial charge < -0.3 is 4.90 Å². The van der Waals surface area contributed by atoms with E-state index in [0.29, 0.717) is 0 Å². The summed E-state index contributed by atoms with van der Waals surface area (Å²) in [4.78, 5) is 2.49. The van der Waals surface area contributed by atoms with Gasteiger partial charge in [0.05, 0.1) is 10.8 Å². The summed E-state index contributed by atoms with van der Waals surface area (Å²) in [5, 5.41) is 2.58. The van der Waals surface area contributed by atoms with E-state index in [4.69, 9.17) is 0 Å². The molecule has 14 rings (SSSR count). The van der Waals surface area contributed by atoms with Gasteiger partial charge in [-0.25, -0.2) is 0 Å². The van der Waals surface area contributed by atoms with Crippen LogP contribution in [-0.2, 0) is 10.8 Å². The minimum atomic E-state index is -0.471. The van der Waals surface area contributed by atoms with Crippen LogP contribution in [0.15, 0.2) is 224 Å². The SMILES string of the molecule is c1ccc(N(c2ccc3c(c2)C2(c4ccccc4-c4ccccc42)c2ccccc2-3)c2ccc3c(c2)C2(c4ccccc4-3)c3ccccc3-c3c2ccc2ccccc32)cc1. The molecule has 0 heterocycles. The van der Waals surface area contributed by atoms with Crippen molar-refractivity contribution in [2.75, 3.05) is 4.90 Å². The van der Waals surface area contributed by atoms with Crippen LogP contribution in [0, 0.1) is 0 Å². The van der Waals surface area contributed by atoms with Crippen molar-refractivity contribution in [2.45, 2.75) is 10.8 Å². The minimum Gasteiger partial charge on any atom is -0.310 e. The lowest BCUT2D eigenvalue weighted by Gasteiger charge is -2.33. The molecule has 10 aromatic carbocycles. The van der Waals surface area contributed by atoms with Crippen molar-refractivity contribution in [3.8, 4) is 44.5 Å². The molecule has 0 N–H and O–H groups in total. The van der Waals surface area contributed by atoms with E-state index in [1.807, 2.05) is 0 Å². The third kappa shape index (κ3) is 4.02. The zero-order chi connectivity index (χ0) is 39.9. The van der Waals surface area contributed by atoms with E-state index in [-0.39, 0.29) is 0 Å². The van der Waals surface area contributed by atoms with Gasteiger partial charge in [-0.2, -0.15) is 0 Å². The highest BCUT2D eigenvalue weighted by atomic mass is 15.1. The molecule has 4 aliphatic carbocycles. The van der Waals surface area contributed by atoms with E-state index in [2.05, 4.69) is 229 Å². The van der Waals surface area contributed by atoms with Crippen LogP contribution in [0.25, 0.3) is 55.3 Å². The molecule has 0 amide bonds. The summed E-state index contributed by atoms with van der Waals surface area (Å²) in [5.41, 5.74) is 23.8. The molecule has 10 aromatic rings. The van der Waals surface area contributed by atoms with Crippen LogP contribution in [0.2, 0.25) is 0 Å². The molecule has 4 aliphatic rings. The molecular formula is C60H37N. The normalized spacial score (nSPS) is 16.1. The maximum absolute atomic E-state index is 2.52. The van der Waals surface area contributed by atoms with Gasteiger partial charge in [-0.3, -0.25) is 0 Å². The molecule has 0 bridgehead atoms. The Hall–Kier alpha value is -7.74. The van der Waals surface area contributed by atoms with Crippen LogP contribution >= 0.6 is 0 Å². The molecule has 0 fully saturated rings. The molecule has 0 aromatic heterocycles. The Bertz CT molecular complexity index is 3440. The summed E-state index contributed by atoms with van der Waals surface area (Å²) in [7, 11) is 0. The molecule has 1 unspecified atom stereocenters. The van der Waals surface area contributed by atoms with Gasteiger partial charge in [0, 0.05) is 17.1 Å². The summed E-state index contributed by atoms with van der Waals surface area (Å²) >= 11 is 0. The van der Waals surface area contributed by atoms with E-state index < -0.39 is 10.8 Å². The largest absolute Gasteiger partial charge is 0.310 e. The van der Waals surface area contributed by atoms with E-state index in [1.165, 1.54) is 99.8 Å².